The van der Waals surface area contributed by atoms with E-state index in [2.05, 4.69) is 12.2 Å². The molecule has 0 radical (unpaired) electrons. The Kier molecular flexibility index (Phi) is 3.82. The van der Waals surface area contributed by atoms with Crippen LogP contribution in [0.1, 0.15) is 38.0 Å². The fraction of sp³-hybridized carbons (Fsp3) is 0.389. The zero-order chi connectivity index (χ0) is 14.8. The van der Waals surface area contributed by atoms with Gasteiger partial charge in [-0.3, -0.25) is 4.79 Å². The van der Waals surface area contributed by atoms with Crippen LogP contribution >= 0.6 is 0 Å². The number of nitrogens with zero attached hydrogens (tertiary/aromatic N) is 1. The molecule has 2 atom stereocenters. The molecule has 110 valence electrons. The third kappa shape index (κ3) is 2.73. The van der Waals surface area contributed by atoms with E-state index in [-0.39, 0.29) is 17.9 Å². The number of hydrogen-bond donors (Lipinski definition) is 0. The standard InChI is InChI=1S/C18H21NO2/c1-13(17-12-15-10-6-7-11-16(15)21-17)19(2)18(20)14-8-4-3-5-9-14/h3-4,6-7,10-14H,5,8-9H2,1-2H3. The van der Waals surface area contributed by atoms with Crippen LogP contribution in [0, 0.1) is 5.92 Å². The van der Waals surface area contributed by atoms with Crippen molar-refractivity contribution in [1.29, 1.82) is 0 Å². The first-order valence-corrected chi connectivity index (χ1v) is 7.57. The van der Waals surface area contributed by atoms with E-state index in [0.29, 0.717) is 0 Å². The summed E-state index contributed by atoms with van der Waals surface area (Å²) in [4.78, 5) is 14.4. The van der Waals surface area contributed by atoms with Crippen LogP contribution in [0.25, 0.3) is 11.0 Å². The highest BCUT2D eigenvalue weighted by atomic mass is 16.3. The number of allylic oxidation sites excluding steroid dienone is 2. The second kappa shape index (κ2) is 5.76. The van der Waals surface area contributed by atoms with E-state index in [1.807, 2.05) is 49.2 Å². The maximum absolute atomic E-state index is 12.6. The van der Waals surface area contributed by atoms with E-state index in [4.69, 9.17) is 4.42 Å². The van der Waals surface area contributed by atoms with Gasteiger partial charge in [0.1, 0.15) is 11.3 Å². The van der Waals surface area contributed by atoms with Crippen molar-refractivity contribution in [3.63, 3.8) is 0 Å². The van der Waals surface area contributed by atoms with E-state index >= 15 is 0 Å². The van der Waals surface area contributed by atoms with Crippen molar-refractivity contribution in [2.75, 3.05) is 7.05 Å². The second-order valence-electron chi connectivity index (χ2n) is 5.79. The first kappa shape index (κ1) is 13.9. The third-order valence-electron chi connectivity index (χ3n) is 4.40. The Hall–Kier alpha value is -2.03. The molecule has 0 spiro atoms. The Bertz CT molecular complexity index is 638. The van der Waals surface area contributed by atoms with Gasteiger partial charge >= 0.3 is 0 Å². The Morgan fingerprint density at radius 2 is 2.14 bits per heavy atom. The molecule has 2 aromatic rings. The lowest BCUT2D eigenvalue weighted by molar-refractivity contribution is -0.136. The molecule has 0 fully saturated rings. The maximum atomic E-state index is 12.6. The molecule has 3 heteroatoms. The fourth-order valence-electron chi connectivity index (χ4n) is 2.90. The predicted molar refractivity (Wildman–Crippen MR) is 83.9 cm³/mol. The van der Waals surface area contributed by atoms with Crippen molar-refractivity contribution in [2.24, 2.45) is 5.92 Å². The first-order chi connectivity index (χ1) is 10.2. The molecule has 0 saturated carbocycles. The molecule has 1 aliphatic carbocycles. The van der Waals surface area contributed by atoms with Crippen molar-refractivity contribution < 1.29 is 9.21 Å². The van der Waals surface area contributed by atoms with Gasteiger partial charge in [-0.15, -0.1) is 0 Å². The van der Waals surface area contributed by atoms with E-state index in [0.717, 1.165) is 36.0 Å². The average Bonchev–Trinajstić information content (AvgIpc) is 2.97. The number of benzene rings is 1. The Morgan fingerprint density at radius 1 is 1.33 bits per heavy atom. The van der Waals surface area contributed by atoms with E-state index in [1.165, 1.54) is 0 Å². The molecule has 1 aliphatic rings. The summed E-state index contributed by atoms with van der Waals surface area (Å²) in [6.45, 7) is 2.02. The minimum atomic E-state index is -0.0455. The molecule has 1 amide bonds. The second-order valence-corrected chi connectivity index (χ2v) is 5.79. The Labute approximate surface area is 125 Å². The lowest BCUT2D eigenvalue weighted by atomic mass is 9.93. The molecule has 1 aromatic heterocycles. The number of hydrogen-bond acceptors (Lipinski definition) is 2. The molecule has 0 N–H and O–H groups in total. The third-order valence-corrected chi connectivity index (χ3v) is 4.40. The lowest BCUT2D eigenvalue weighted by Crippen LogP contribution is -2.35. The number of amides is 1. The van der Waals surface area contributed by atoms with Crippen LogP contribution in [-0.4, -0.2) is 17.9 Å². The van der Waals surface area contributed by atoms with Gasteiger partial charge in [-0.1, -0.05) is 30.4 Å². The van der Waals surface area contributed by atoms with Gasteiger partial charge in [0.05, 0.1) is 6.04 Å². The van der Waals surface area contributed by atoms with E-state index in [9.17, 15) is 4.79 Å². The summed E-state index contributed by atoms with van der Waals surface area (Å²) in [6.07, 6.45) is 7.09. The number of rotatable bonds is 3. The monoisotopic (exact) mass is 283 g/mol. The van der Waals surface area contributed by atoms with Crippen LogP contribution < -0.4 is 0 Å². The highest BCUT2D eigenvalue weighted by Gasteiger charge is 2.27. The lowest BCUT2D eigenvalue weighted by Gasteiger charge is -2.28. The minimum absolute atomic E-state index is 0.0455. The summed E-state index contributed by atoms with van der Waals surface area (Å²) in [5, 5.41) is 1.08. The van der Waals surface area contributed by atoms with Crippen molar-refractivity contribution >= 4 is 16.9 Å². The summed E-state index contributed by atoms with van der Waals surface area (Å²) >= 11 is 0. The Morgan fingerprint density at radius 3 is 2.86 bits per heavy atom. The molecule has 1 aromatic carbocycles. The summed E-state index contributed by atoms with van der Waals surface area (Å²) in [7, 11) is 1.87. The van der Waals surface area contributed by atoms with Gasteiger partial charge in [0.2, 0.25) is 5.91 Å². The van der Waals surface area contributed by atoms with Gasteiger partial charge in [-0.25, -0.2) is 0 Å². The summed E-state index contributed by atoms with van der Waals surface area (Å²) in [6, 6.07) is 9.93. The number of carbonyl (C=O) groups excluding carboxylic acids is 1. The van der Waals surface area contributed by atoms with Gasteiger partial charge < -0.3 is 9.32 Å². The maximum Gasteiger partial charge on any atom is 0.226 e. The van der Waals surface area contributed by atoms with Gasteiger partial charge in [0.25, 0.3) is 0 Å². The van der Waals surface area contributed by atoms with E-state index < -0.39 is 0 Å². The van der Waals surface area contributed by atoms with Crippen molar-refractivity contribution in [1.82, 2.24) is 4.90 Å². The molecule has 2 unspecified atom stereocenters. The van der Waals surface area contributed by atoms with Crippen LogP contribution in [0.15, 0.2) is 46.9 Å². The van der Waals surface area contributed by atoms with Crippen molar-refractivity contribution in [3.05, 3.63) is 48.2 Å². The molecule has 0 saturated heterocycles. The zero-order valence-corrected chi connectivity index (χ0v) is 12.6. The zero-order valence-electron chi connectivity index (χ0n) is 12.6. The van der Waals surface area contributed by atoms with Crippen LogP contribution in [-0.2, 0) is 4.79 Å². The summed E-state index contributed by atoms with van der Waals surface area (Å²) < 4.78 is 5.88. The molecular weight excluding hydrogens is 262 g/mol. The van der Waals surface area contributed by atoms with Crippen molar-refractivity contribution in [2.45, 2.75) is 32.2 Å². The van der Waals surface area contributed by atoms with Crippen LogP contribution in [0.5, 0.6) is 0 Å². The van der Waals surface area contributed by atoms with Gasteiger partial charge in [-0.2, -0.15) is 0 Å². The van der Waals surface area contributed by atoms with Gasteiger partial charge in [0.15, 0.2) is 0 Å². The molecule has 1 heterocycles. The highest BCUT2D eigenvalue weighted by Crippen LogP contribution is 2.29. The van der Waals surface area contributed by atoms with Crippen LogP contribution in [0.4, 0.5) is 0 Å². The SMILES string of the molecule is CC(c1cc2ccccc2o1)N(C)C(=O)C1CC=CCC1. The average molecular weight is 283 g/mol. The number of para-hydroxylation sites is 1. The predicted octanol–water partition coefficient (Wildman–Crippen LogP) is 4.31. The van der Waals surface area contributed by atoms with E-state index in [1.54, 1.807) is 0 Å². The highest BCUT2D eigenvalue weighted by molar-refractivity contribution is 5.80. The number of carbonyl (C=O) groups is 1. The molecular formula is C18H21NO2. The van der Waals surface area contributed by atoms with Crippen molar-refractivity contribution in [3.8, 4) is 0 Å². The topological polar surface area (TPSA) is 33.5 Å². The van der Waals surface area contributed by atoms with Crippen LogP contribution in [0.3, 0.4) is 0 Å². The van der Waals surface area contributed by atoms with Gasteiger partial charge in [0, 0.05) is 18.4 Å². The van der Waals surface area contributed by atoms with Gasteiger partial charge in [-0.05, 0) is 38.3 Å². The number of furan rings is 1. The largest absolute Gasteiger partial charge is 0.459 e. The number of fused-ring (bicyclic) bond motifs is 1. The molecule has 3 rings (SSSR count). The molecule has 21 heavy (non-hydrogen) atoms. The summed E-state index contributed by atoms with van der Waals surface area (Å²) in [5.41, 5.74) is 0.876. The summed E-state index contributed by atoms with van der Waals surface area (Å²) in [5.74, 6) is 1.18. The smallest absolute Gasteiger partial charge is 0.226 e. The Balaban J connectivity index is 1.78. The molecule has 0 bridgehead atoms. The minimum Gasteiger partial charge on any atom is -0.459 e. The van der Waals surface area contributed by atoms with Crippen LogP contribution in [0.2, 0.25) is 0 Å². The fourth-order valence-corrected chi connectivity index (χ4v) is 2.90. The molecule has 0 aliphatic heterocycles. The molecule has 3 nitrogen and oxygen atoms in total. The first-order valence-electron chi connectivity index (χ1n) is 7.57. The normalized spacial score (nSPS) is 19.6. The quantitative estimate of drug-likeness (QED) is 0.786.